The quantitative estimate of drug-likeness (QED) is 0.279. The van der Waals surface area contributed by atoms with Crippen molar-refractivity contribution in [3.63, 3.8) is 0 Å². The minimum absolute atomic E-state index is 0. The number of nitrogens with zero attached hydrogens (tertiary/aromatic N) is 2. The van der Waals surface area contributed by atoms with Gasteiger partial charge < -0.3 is 23.5 Å². The van der Waals surface area contributed by atoms with E-state index in [0.717, 1.165) is 0 Å². The number of rotatable bonds is 3. The first-order chi connectivity index (χ1) is 12.1. The van der Waals surface area contributed by atoms with Crippen LogP contribution in [-0.2, 0) is 34.3 Å². The SMILES string of the molecule is CC/C(=N\N=C(/N)[S-])c1ccccc1[O-].[CH]1[CH][CH][CH][CH]1.[CH]1[CH][CH][CH][CH]1.[Ti+4]. The first-order valence-electron chi connectivity index (χ1n) is 7.82. The Balaban J connectivity index is 0.000000460. The molecule has 130 valence electrons. The molecule has 0 unspecified atom stereocenters. The third-order valence-electron chi connectivity index (χ3n) is 2.91. The fraction of sp³-hybridized carbons (Fsp3) is 0.100. The Morgan fingerprint density at radius 2 is 1.31 bits per heavy atom. The standard InChI is InChI=1S/C10H13N3OS.2C5H5.Ti/c1-2-8(12-13-10(11)15)7-5-3-4-6-9(7)14;2*1-2-4-5-3-1;/h3-6,14H,2H2,1H3,(H3,11,13,15);2*1-5H;/q;;;+4/p-2/b12-8+;;;. The predicted octanol–water partition coefficient (Wildman–Crippen LogP) is 2.78. The van der Waals surface area contributed by atoms with Crippen LogP contribution >= 0.6 is 0 Å². The Kier molecular flexibility index (Phi) is 15.7. The summed E-state index contributed by atoms with van der Waals surface area (Å²) in [6, 6.07) is 6.66. The Morgan fingerprint density at radius 3 is 1.65 bits per heavy atom. The van der Waals surface area contributed by atoms with Gasteiger partial charge in [-0.15, -0.1) is 0 Å². The van der Waals surface area contributed by atoms with Crippen molar-refractivity contribution in [3.8, 4) is 5.75 Å². The predicted molar refractivity (Wildman–Crippen MR) is 105 cm³/mol. The van der Waals surface area contributed by atoms with Gasteiger partial charge in [-0.1, -0.05) is 36.9 Å². The number of amidine groups is 1. The van der Waals surface area contributed by atoms with Gasteiger partial charge >= 0.3 is 21.7 Å². The molecule has 1 aromatic carbocycles. The molecule has 6 heteroatoms. The van der Waals surface area contributed by atoms with Gasteiger partial charge in [0.25, 0.3) is 0 Å². The Morgan fingerprint density at radius 1 is 0.885 bits per heavy atom. The van der Waals surface area contributed by atoms with Crippen LogP contribution in [0.15, 0.2) is 34.5 Å². The molecule has 2 aliphatic carbocycles. The third kappa shape index (κ3) is 11.7. The maximum Gasteiger partial charge on any atom is 4.00 e. The van der Waals surface area contributed by atoms with Crippen LogP contribution in [0.3, 0.4) is 0 Å². The molecule has 1 aromatic rings. The molecule has 4 nitrogen and oxygen atoms in total. The number of hydrogen-bond acceptors (Lipinski definition) is 4. The monoisotopic (exact) mass is 399 g/mol. The Hall–Kier alpha value is -0.906. The summed E-state index contributed by atoms with van der Waals surface area (Å²) in [6.45, 7) is 1.89. The molecule has 0 aliphatic heterocycles. The first-order valence-corrected chi connectivity index (χ1v) is 8.22. The van der Waals surface area contributed by atoms with Gasteiger partial charge in [0, 0.05) is 0 Å². The second kappa shape index (κ2) is 16.3. The van der Waals surface area contributed by atoms with Gasteiger partial charge in [-0.3, -0.25) is 0 Å². The van der Waals surface area contributed by atoms with Gasteiger partial charge in [-0.2, -0.15) is 10.2 Å². The van der Waals surface area contributed by atoms with E-state index in [1.807, 2.05) is 71.1 Å². The van der Waals surface area contributed by atoms with E-state index >= 15 is 0 Å². The molecular weight excluding hydrogens is 378 g/mol. The zero-order chi connectivity index (χ0) is 18.3. The summed E-state index contributed by atoms with van der Waals surface area (Å²) in [4.78, 5) is 0. The molecule has 0 bridgehead atoms. The minimum Gasteiger partial charge on any atom is -0.872 e. The second-order valence-electron chi connectivity index (χ2n) is 4.76. The maximum absolute atomic E-state index is 11.5. The van der Waals surface area contributed by atoms with E-state index in [0.29, 0.717) is 17.7 Å². The molecule has 10 radical (unpaired) electrons. The smallest absolute Gasteiger partial charge is 0.872 e. The van der Waals surface area contributed by atoms with Crippen molar-refractivity contribution >= 4 is 23.5 Å². The van der Waals surface area contributed by atoms with Crippen LogP contribution in [0.1, 0.15) is 18.9 Å². The van der Waals surface area contributed by atoms with Crippen molar-refractivity contribution in [2.75, 3.05) is 0 Å². The fourth-order valence-electron chi connectivity index (χ4n) is 1.77. The first kappa shape index (κ1) is 25.1. The van der Waals surface area contributed by atoms with Crippen molar-refractivity contribution in [3.05, 3.63) is 94.0 Å². The van der Waals surface area contributed by atoms with Gasteiger partial charge in [0.05, 0.1) is 5.71 Å². The molecule has 0 aromatic heterocycles. The van der Waals surface area contributed by atoms with Crippen molar-refractivity contribution in [2.24, 2.45) is 15.9 Å². The molecule has 0 amide bonds. The van der Waals surface area contributed by atoms with Crippen LogP contribution in [0.5, 0.6) is 5.75 Å². The molecule has 2 saturated carbocycles. The average Bonchev–Trinajstić information content (AvgIpc) is 3.35. The molecule has 2 N–H and O–H groups in total. The molecule has 3 rings (SSSR count). The average molecular weight is 399 g/mol. The third-order valence-corrected chi connectivity index (χ3v) is 2.99. The van der Waals surface area contributed by atoms with Crippen molar-refractivity contribution in [1.29, 1.82) is 0 Å². The molecule has 2 fully saturated rings. The van der Waals surface area contributed by atoms with Crippen LogP contribution in [0.2, 0.25) is 0 Å². The van der Waals surface area contributed by atoms with Crippen molar-refractivity contribution in [2.45, 2.75) is 13.3 Å². The van der Waals surface area contributed by atoms with Crippen molar-refractivity contribution < 1.29 is 26.8 Å². The zero-order valence-electron chi connectivity index (χ0n) is 14.6. The minimum atomic E-state index is -0.0729. The zero-order valence-corrected chi connectivity index (χ0v) is 17.0. The fourth-order valence-corrected chi connectivity index (χ4v) is 1.81. The molecule has 26 heavy (non-hydrogen) atoms. The molecule has 0 atom stereocenters. The van der Waals surface area contributed by atoms with Gasteiger partial charge in [0.2, 0.25) is 0 Å². The van der Waals surface area contributed by atoms with E-state index < -0.39 is 0 Å². The van der Waals surface area contributed by atoms with Gasteiger partial charge in [0.1, 0.15) is 0 Å². The Bertz CT molecular complexity index is 512. The number of nitrogens with two attached hydrogens (primary N) is 1. The summed E-state index contributed by atoms with van der Waals surface area (Å²) in [5.74, 6) is -0.0729. The van der Waals surface area contributed by atoms with Crippen LogP contribution < -0.4 is 10.8 Å². The number of benzene rings is 1. The largest absolute Gasteiger partial charge is 4.00 e. The number of hydrogen-bond donors (Lipinski definition) is 1. The van der Waals surface area contributed by atoms with E-state index in [9.17, 15) is 5.11 Å². The van der Waals surface area contributed by atoms with Gasteiger partial charge in [0.15, 0.2) is 0 Å². The summed E-state index contributed by atoms with van der Waals surface area (Å²) in [6.07, 6.45) is 20.6. The van der Waals surface area contributed by atoms with Crippen LogP contribution in [0.25, 0.3) is 0 Å². The summed E-state index contributed by atoms with van der Waals surface area (Å²) < 4.78 is 0. The summed E-state index contributed by atoms with van der Waals surface area (Å²) in [5, 5.41) is 18.9. The van der Waals surface area contributed by atoms with E-state index in [-0.39, 0.29) is 32.6 Å². The second-order valence-corrected chi connectivity index (χ2v) is 5.18. The van der Waals surface area contributed by atoms with E-state index in [1.54, 1.807) is 18.2 Å². The van der Waals surface area contributed by atoms with Crippen LogP contribution in [0, 0.1) is 64.2 Å². The van der Waals surface area contributed by atoms with Crippen molar-refractivity contribution in [1.82, 2.24) is 0 Å². The molecule has 2 aliphatic rings. The maximum atomic E-state index is 11.5. The molecule has 0 spiro atoms. The summed E-state index contributed by atoms with van der Waals surface area (Å²) >= 11 is 4.57. The molecule has 0 heterocycles. The van der Waals surface area contributed by atoms with Gasteiger partial charge in [-0.05, 0) is 81.4 Å². The topological polar surface area (TPSA) is 73.8 Å². The van der Waals surface area contributed by atoms with E-state index in [4.69, 9.17) is 5.73 Å². The van der Waals surface area contributed by atoms with Crippen LogP contribution in [0.4, 0.5) is 0 Å². The summed E-state index contributed by atoms with van der Waals surface area (Å²) in [7, 11) is 0. The molecular formula is C20H21N3OSTi+2. The van der Waals surface area contributed by atoms with E-state index in [1.165, 1.54) is 6.07 Å². The molecule has 0 saturated heterocycles. The van der Waals surface area contributed by atoms with Gasteiger partial charge in [-0.25, -0.2) is 0 Å². The van der Waals surface area contributed by atoms with E-state index in [2.05, 4.69) is 22.8 Å². The number of para-hydroxylation sites is 1. The summed E-state index contributed by atoms with van der Waals surface area (Å²) in [5.41, 5.74) is 6.32. The normalized spacial score (nSPS) is 16.7. The van der Waals surface area contributed by atoms with Crippen LogP contribution in [-0.4, -0.2) is 10.9 Å². The Labute approximate surface area is 179 Å².